The van der Waals surface area contributed by atoms with E-state index < -0.39 is 0 Å². The highest BCUT2D eigenvalue weighted by atomic mass is 16.1. The van der Waals surface area contributed by atoms with E-state index in [0.717, 1.165) is 31.5 Å². The zero-order chi connectivity index (χ0) is 14.8. The first-order chi connectivity index (χ1) is 9.38. The van der Waals surface area contributed by atoms with Gasteiger partial charge in [0.2, 0.25) is 5.91 Å². The quantitative estimate of drug-likeness (QED) is 0.826. The van der Waals surface area contributed by atoms with Crippen LogP contribution in [0.2, 0.25) is 0 Å². The van der Waals surface area contributed by atoms with Gasteiger partial charge in [-0.25, -0.2) is 0 Å². The molecule has 0 radical (unpaired) electrons. The van der Waals surface area contributed by atoms with Crippen LogP contribution < -0.4 is 11.1 Å². The number of primary amides is 1. The molecular weight excluding hydrogens is 250 g/mol. The molecule has 0 aromatic heterocycles. The number of piperazine rings is 1. The van der Waals surface area contributed by atoms with Crippen molar-refractivity contribution < 1.29 is 4.79 Å². The van der Waals surface area contributed by atoms with Gasteiger partial charge in [0.15, 0.2) is 0 Å². The minimum atomic E-state index is -0.180. The summed E-state index contributed by atoms with van der Waals surface area (Å²) >= 11 is 0. The van der Waals surface area contributed by atoms with Crippen LogP contribution >= 0.6 is 0 Å². The minimum absolute atomic E-state index is 0.107. The third-order valence-electron chi connectivity index (χ3n) is 5.25. The zero-order valence-electron chi connectivity index (χ0n) is 13.3. The van der Waals surface area contributed by atoms with E-state index >= 15 is 0 Å². The first-order valence-corrected chi connectivity index (χ1v) is 8.12. The normalized spacial score (nSPS) is 33.0. The molecule has 1 aliphatic carbocycles. The van der Waals surface area contributed by atoms with Gasteiger partial charge in [-0.15, -0.1) is 0 Å². The Morgan fingerprint density at radius 2 is 1.90 bits per heavy atom. The van der Waals surface area contributed by atoms with Gasteiger partial charge in [0.25, 0.3) is 0 Å². The second kappa shape index (κ2) is 6.44. The number of hydrogen-bond donors (Lipinski definition) is 2. The Hall–Kier alpha value is -0.610. The van der Waals surface area contributed by atoms with Crippen LogP contribution in [-0.2, 0) is 4.79 Å². The van der Waals surface area contributed by atoms with E-state index in [0.29, 0.717) is 12.0 Å². The van der Waals surface area contributed by atoms with Gasteiger partial charge >= 0.3 is 0 Å². The van der Waals surface area contributed by atoms with Crippen LogP contribution in [-0.4, -0.2) is 43.0 Å². The maximum absolute atomic E-state index is 11.5. The second-order valence-electron chi connectivity index (χ2n) is 7.70. The Morgan fingerprint density at radius 3 is 2.45 bits per heavy atom. The third-order valence-corrected chi connectivity index (χ3v) is 5.25. The summed E-state index contributed by atoms with van der Waals surface area (Å²) < 4.78 is 0. The lowest BCUT2D eigenvalue weighted by Crippen LogP contribution is -2.57. The van der Waals surface area contributed by atoms with Crippen molar-refractivity contribution in [3.8, 4) is 0 Å². The molecular formula is C16H31N3O. The molecule has 2 fully saturated rings. The predicted octanol–water partition coefficient (Wildman–Crippen LogP) is 1.60. The maximum Gasteiger partial charge on any atom is 0.236 e. The molecule has 1 unspecified atom stereocenters. The van der Waals surface area contributed by atoms with Crippen LogP contribution in [0.25, 0.3) is 0 Å². The SMILES string of the molecule is CC(C)(C)C1CCC(CN2CCNCC2C(N)=O)CC1. The van der Waals surface area contributed by atoms with Crippen LogP contribution in [0.15, 0.2) is 0 Å². The van der Waals surface area contributed by atoms with E-state index in [2.05, 4.69) is 31.0 Å². The average molecular weight is 281 g/mol. The molecule has 1 saturated carbocycles. The molecule has 1 amide bonds. The van der Waals surface area contributed by atoms with Gasteiger partial charge in [-0.1, -0.05) is 20.8 Å². The van der Waals surface area contributed by atoms with Crippen molar-refractivity contribution in [2.24, 2.45) is 23.0 Å². The van der Waals surface area contributed by atoms with E-state index in [4.69, 9.17) is 5.73 Å². The molecule has 116 valence electrons. The van der Waals surface area contributed by atoms with E-state index in [1.54, 1.807) is 0 Å². The van der Waals surface area contributed by atoms with Crippen LogP contribution in [0.4, 0.5) is 0 Å². The standard InChI is InChI=1S/C16H31N3O/c1-16(2,3)13-6-4-12(5-7-13)11-19-9-8-18-10-14(19)15(17)20/h12-14,18H,4-11H2,1-3H3,(H2,17,20). The zero-order valence-corrected chi connectivity index (χ0v) is 13.3. The van der Waals surface area contributed by atoms with Gasteiger partial charge < -0.3 is 11.1 Å². The number of carbonyl (C=O) groups is 1. The Kier molecular flexibility index (Phi) is 5.08. The monoisotopic (exact) mass is 281 g/mol. The van der Waals surface area contributed by atoms with Gasteiger partial charge in [-0.2, -0.15) is 0 Å². The number of nitrogens with zero attached hydrogens (tertiary/aromatic N) is 1. The van der Waals surface area contributed by atoms with Crippen molar-refractivity contribution in [1.82, 2.24) is 10.2 Å². The molecule has 4 nitrogen and oxygen atoms in total. The number of hydrogen-bond acceptors (Lipinski definition) is 3. The molecule has 0 aromatic rings. The molecule has 2 aliphatic rings. The molecule has 2 rings (SSSR count). The number of rotatable bonds is 3. The molecule has 0 aromatic carbocycles. The molecule has 4 heteroatoms. The van der Waals surface area contributed by atoms with Gasteiger partial charge in [0.1, 0.15) is 6.04 Å². The fraction of sp³-hybridized carbons (Fsp3) is 0.938. The highest BCUT2D eigenvalue weighted by molar-refractivity contribution is 5.80. The predicted molar refractivity (Wildman–Crippen MR) is 82.3 cm³/mol. The molecule has 0 bridgehead atoms. The molecule has 3 N–H and O–H groups in total. The fourth-order valence-corrected chi connectivity index (χ4v) is 3.79. The van der Waals surface area contributed by atoms with Gasteiger partial charge in [0, 0.05) is 26.2 Å². The molecule has 1 atom stereocenters. The fourth-order valence-electron chi connectivity index (χ4n) is 3.79. The van der Waals surface area contributed by atoms with Crippen LogP contribution in [0.5, 0.6) is 0 Å². The summed E-state index contributed by atoms with van der Waals surface area (Å²) in [6.45, 7) is 10.8. The minimum Gasteiger partial charge on any atom is -0.368 e. The number of carbonyl (C=O) groups excluding carboxylic acids is 1. The lowest BCUT2D eigenvalue weighted by molar-refractivity contribution is -0.124. The Morgan fingerprint density at radius 1 is 1.25 bits per heavy atom. The first kappa shape index (κ1) is 15.8. The molecule has 20 heavy (non-hydrogen) atoms. The average Bonchev–Trinajstić information content (AvgIpc) is 2.38. The van der Waals surface area contributed by atoms with E-state index in [9.17, 15) is 4.79 Å². The van der Waals surface area contributed by atoms with E-state index in [-0.39, 0.29) is 11.9 Å². The van der Waals surface area contributed by atoms with Crippen LogP contribution in [0.3, 0.4) is 0 Å². The number of amides is 1. The summed E-state index contributed by atoms with van der Waals surface area (Å²) in [7, 11) is 0. The summed E-state index contributed by atoms with van der Waals surface area (Å²) in [5, 5.41) is 3.27. The summed E-state index contributed by atoms with van der Waals surface area (Å²) in [5.74, 6) is 1.42. The maximum atomic E-state index is 11.5. The molecule has 0 spiro atoms. The van der Waals surface area contributed by atoms with E-state index in [1.165, 1.54) is 25.7 Å². The summed E-state index contributed by atoms with van der Waals surface area (Å²) in [4.78, 5) is 13.8. The Balaban J connectivity index is 1.84. The van der Waals surface area contributed by atoms with Gasteiger partial charge in [0.05, 0.1) is 0 Å². The smallest absolute Gasteiger partial charge is 0.236 e. The van der Waals surface area contributed by atoms with Crippen LogP contribution in [0, 0.1) is 17.3 Å². The van der Waals surface area contributed by atoms with Gasteiger partial charge in [-0.05, 0) is 42.9 Å². The van der Waals surface area contributed by atoms with Gasteiger partial charge in [-0.3, -0.25) is 9.69 Å². The first-order valence-electron chi connectivity index (χ1n) is 8.12. The van der Waals surface area contributed by atoms with E-state index in [1.807, 2.05) is 0 Å². The van der Waals surface area contributed by atoms with Crippen molar-refractivity contribution in [2.75, 3.05) is 26.2 Å². The second-order valence-corrected chi connectivity index (χ2v) is 7.70. The van der Waals surface area contributed by atoms with Crippen molar-refractivity contribution in [3.05, 3.63) is 0 Å². The summed E-state index contributed by atoms with van der Waals surface area (Å²) in [5.41, 5.74) is 5.96. The highest BCUT2D eigenvalue weighted by Crippen LogP contribution is 2.40. The molecule has 1 saturated heterocycles. The van der Waals surface area contributed by atoms with Crippen LogP contribution in [0.1, 0.15) is 46.5 Å². The molecule has 1 aliphatic heterocycles. The van der Waals surface area contributed by atoms with Crippen molar-refractivity contribution in [3.63, 3.8) is 0 Å². The molecule has 1 heterocycles. The Labute approximate surface area is 123 Å². The lowest BCUT2D eigenvalue weighted by atomic mass is 9.70. The summed E-state index contributed by atoms with van der Waals surface area (Å²) in [6, 6.07) is -0.107. The summed E-state index contributed by atoms with van der Waals surface area (Å²) in [6.07, 6.45) is 5.28. The number of nitrogens with one attached hydrogen (secondary N) is 1. The number of nitrogens with two attached hydrogens (primary N) is 1. The Bertz CT molecular complexity index is 329. The van der Waals surface area contributed by atoms with Crippen molar-refractivity contribution in [1.29, 1.82) is 0 Å². The van der Waals surface area contributed by atoms with Crippen molar-refractivity contribution >= 4 is 5.91 Å². The largest absolute Gasteiger partial charge is 0.368 e. The topological polar surface area (TPSA) is 58.4 Å². The lowest BCUT2D eigenvalue weighted by Gasteiger charge is -2.41. The highest BCUT2D eigenvalue weighted by Gasteiger charge is 2.33. The third kappa shape index (κ3) is 3.95. The van der Waals surface area contributed by atoms with Crippen molar-refractivity contribution in [2.45, 2.75) is 52.5 Å².